The van der Waals surface area contributed by atoms with Crippen molar-refractivity contribution >= 4 is 6.21 Å². The molecule has 0 unspecified atom stereocenters. The molecule has 0 heterocycles. The van der Waals surface area contributed by atoms with Crippen LogP contribution >= 0.6 is 0 Å². The maximum Gasteiger partial charge on any atom is 0.0543 e. The van der Waals surface area contributed by atoms with E-state index in [1.807, 2.05) is 6.21 Å². The molecule has 5 rings (SSSR count). The van der Waals surface area contributed by atoms with Gasteiger partial charge in [0.1, 0.15) is 0 Å². The number of rotatable bonds is 4. The predicted octanol–water partition coefficient (Wildman–Crippen LogP) is 6.10. The van der Waals surface area contributed by atoms with E-state index in [1.165, 1.54) is 65.5 Å². The molecule has 3 aromatic carbocycles. The van der Waals surface area contributed by atoms with Crippen LogP contribution < -0.4 is 5.43 Å². The Morgan fingerprint density at radius 2 is 1.25 bits per heavy atom. The lowest BCUT2D eigenvalue weighted by atomic mass is 9.87. The molecule has 0 aromatic heterocycles. The standard InChI is InChI=1S/C26H26N2/c1-2-11-20(12-3-1)28-27-18-19-10-4-5-13-21(19)26-24-16-8-6-14-22(24)23-15-7-9-17-25(23)26/h4-10,13-18,20,26,28H,1-3,11-12H2/b27-18+. The zero-order chi connectivity index (χ0) is 18.8. The molecule has 0 spiro atoms. The van der Waals surface area contributed by atoms with Crippen molar-refractivity contribution in [2.45, 2.75) is 44.1 Å². The minimum atomic E-state index is 0.268. The molecule has 0 atom stereocenters. The molecule has 28 heavy (non-hydrogen) atoms. The Morgan fingerprint density at radius 3 is 1.93 bits per heavy atom. The SMILES string of the molecule is C(=N\NC1CCCCC1)/c1ccccc1C1c2ccccc2-c2ccccc21. The Labute approximate surface area is 167 Å². The summed E-state index contributed by atoms with van der Waals surface area (Å²) in [6.07, 6.45) is 8.50. The largest absolute Gasteiger partial charge is 0.307 e. The van der Waals surface area contributed by atoms with Gasteiger partial charge in [0, 0.05) is 12.0 Å². The van der Waals surface area contributed by atoms with Crippen LogP contribution in [-0.4, -0.2) is 12.3 Å². The summed E-state index contributed by atoms with van der Waals surface area (Å²) in [5, 5.41) is 4.63. The van der Waals surface area contributed by atoms with E-state index in [1.54, 1.807) is 0 Å². The summed E-state index contributed by atoms with van der Waals surface area (Å²) in [5.74, 6) is 0.268. The van der Waals surface area contributed by atoms with Gasteiger partial charge in [-0.1, -0.05) is 92.1 Å². The molecule has 2 heteroatoms. The zero-order valence-corrected chi connectivity index (χ0v) is 16.1. The van der Waals surface area contributed by atoms with Crippen LogP contribution in [0.5, 0.6) is 0 Å². The molecule has 1 saturated carbocycles. The van der Waals surface area contributed by atoms with Crippen LogP contribution in [0, 0.1) is 0 Å². The second-order valence-electron chi connectivity index (χ2n) is 7.96. The average molecular weight is 367 g/mol. The Bertz CT molecular complexity index is 953. The summed E-state index contributed by atoms with van der Waals surface area (Å²) in [4.78, 5) is 0. The third-order valence-electron chi connectivity index (χ3n) is 6.21. The van der Waals surface area contributed by atoms with Crippen LogP contribution in [-0.2, 0) is 0 Å². The molecule has 0 bridgehead atoms. The van der Waals surface area contributed by atoms with Crippen molar-refractivity contribution in [1.82, 2.24) is 5.43 Å². The molecule has 0 saturated heterocycles. The molecule has 3 aromatic rings. The third kappa shape index (κ3) is 3.13. The average Bonchev–Trinajstić information content (AvgIpc) is 3.09. The highest BCUT2D eigenvalue weighted by Crippen LogP contribution is 2.48. The van der Waals surface area contributed by atoms with E-state index < -0.39 is 0 Å². The minimum Gasteiger partial charge on any atom is -0.307 e. The van der Waals surface area contributed by atoms with E-state index in [4.69, 9.17) is 0 Å². The Morgan fingerprint density at radius 1 is 0.679 bits per heavy atom. The highest BCUT2D eigenvalue weighted by Gasteiger charge is 2.30. The van der Waals surface area contributed by atoms with E-state index in [0.717, 1.165) is 0 Å². The fourth-order valence-electron chi connectivity index (χ4n) is 4.83. The molecule has 1 fully saturated rings. The van der Waals surface area contributed by atoms with Crippen molar-refractivity contribution < 1.29 is 0 Å². The van der Waals surface area contributed by atoms with E-state index in [9.17, 15) is 0 Å². The number of nitrogens with one attached hydrogen (secondary N) is 1. The van der Waals surface area contributed by atoms with Crippen molar-refractivity contribution in [3.8, 4) is 11.1 Å². The van der Waals surface area contributed by atoms with Crippen molar-refractivity contribution in [1.29, 1.82) is 0 Å². The maximum absolute atomic E-state index is 4.63. The topological polar surface area (TPSA) is 24.4 Å². The fraction of sp³-hybridized carbons (Fsp3) is 0.269. The molecule has 2 aliphatic carbocycles. The molecule has 2 nitrogen and oxygen atoms in total. The van der Waals surface area contributed by atoms with E-state index in [0.29, 0.717) is 6.04 Å². The number of benzene rings is 3. The second kappa shape index (κ2) is 7.63. The first kappa shape index (κ1) is 17.2. The van der Waals surface area contributed by atoms with Crippen LogP contribution in [0.15, 0.2) is 77.9 Å². The van der Waals surface area contributed by atoms with E-state index in [2.05, 4.69) is 83.3 Å². The zero-order valence-electron chi connectivity index (χ0n) is 16.1. The first-order valence-electron chi connectivity index (χ1n) is 10.5. The smallest absolute Gasteiger partial charge is 0.0543 e. The lowest BCUT2D eigenvalue weighted by molar-refractivity contribution is 0.381. The summed E-state index contributed by atoms with van der Waals surface area (Å²) in [5.41, 5.74) is 11.4. The van der Waals surface area contributed by atoms with Crippen LogP contribution in [0.2, 0.25) is 0 Å². The summed E-state index contributed by atoms with van der Waals surface area (Å²) in [6.45, 7) is 0. The number of nitrogens with zero attached hydrogens (tertiary/aromatic N) is 1. The quantitative estimate of drug-likeness (QED) is 0.342. The molecular weight excluding hydrogens is 340 g/mol. The van der Waals surface area contributed by atoms with E-state index >= 15 is 0 Å². The van der Waals surface area contributed by atoms with Gasteiger partial charge in [-0.05, 0) is 46.2 Å². The molecule has 140 valence electrons. The first-order valence-corrected chi connectivity index (χ1v) is 10.5. The summed E-state index contributed by atoms with van der Waals surface area (Å²) in [7, 11) is 0. The number of fused-ring (bicyclic) bond motifs is 3. The van der Waals surface area contributed by atoms with Gasteiger partial charge in [-0.25, -0.2) is 0 Å². The van der Waals surface area contributed by atoms with Gasteiger partial charge < -0.3 is 5.43 Å². The van der Waals surface area contributed by atoms with Crippen molar-refractivity contribution in [3.63, 3.8) is 0 Å². The number of hydrogen-bond acceptors (Lipinski definition) is 2. The van der Waals surface area contributed by atoms with Gasteiger partial charge in [-0.15, -0.1) is 0 Å². The first-order chi connectivity index (χ1) is 13.9. The van der Waals surface area contributed by atoms with Crippen molar-refractivity contribution in [3.05, 3.63) is 95.1 Å². The Hall–Kier alpha value is -2.87. The number of hydrogen-bond donors (Lipinski definition) is 1. The van der Waals surface area contributed by atoms with Gasteiger partial charge in [0.25, 0.3) is 0 Å². The summed E-state index contributed by atoms with van der Waals surface area (Å²) in [6, 6.07) is 26.8. The van der Waals surface area contributed by atoms with Gasteiger partial charge in [0.15, 0.2) is 0 Å². The monoisotopic (exact) mass is 366 g/mol. The highest BCUT2D eigenvalue weighted by atomic mass is 15.3. The van der Waals surface area contributed by atoms with Crippen LogP contribution in [0.3, 0.4) is 0 Å². The van der Waals surface area contributed by atoms with Gasteiger partial charge in [-0.3, -0.25) is 0 Å². The van der Waals surface area contributed by atoms with Gasteiger partial charge in [0.05, 0.1) is 6.21 Å². The normalized spacial score (nSPS) is 16.9. The van der Waals surface area contributed by atoms with Crippen LogP contribution in [0.25, 0.3) is 11.1 Å². The van der Waals surface area contributed by atoms with Gasteiger partial charge >= 0.3 is 0 Å². The van der Waals surface area contributed by atoms with Crippen molar-refractivity contribution in [2.75, 3.05) is 0 Å². The van der Waals surface area contributed by atoms with Crippen LogP contribution in [0.4, 0.5) is 0 Å². The molecule has 0 radical (unpaired) electrons. The van der Waals surface area contributed by atoms with E-state index in [-0.39, 0.29) is 5.92 Å². The molecule has 0 aliphatic heterocycles. The highest BCUT2D eigenvalue weighted by molar-refractivity contribution is 5.86. The molecule has 1 N–H and O–H groups in total. The Balaban J connectivity index is 1.50. The van der Waals surface area contributed by atoms with Crippen LogP contribution in [0.1, 0.15) is 60.3 Å². The maximum atomic E-state index is 4.63. The lowest BCUT2D eigenvalue weighted by Gasteiger charge is -2.21. The molecular formula is C26H26N2. The summed E-state index contributed by atoms with van der Waals surface area (Å²) >= 11 is 0. The van der Waals surface area contributed by atoms with Crippen molar-refractivity contribution in [2.24, 2.45) is 5.10 Å². The summed E-state index contributed by atoms with van der Waals surface area (Å²) < 4.78 is 0. The minimum absolute atomic E-state index is 0.268. The van der Waals surface area contributed by atoms with Gasteiger partial charge in [0.2, 0.25) is 0 Å². The lowest BCUT2D eigenvalue weighted by Crippen LogP contribution is -2.26. The molecule has 0 amide bonds. The second-order valence-corrected chi connectivity index (χ2v) is 7.96. The van der Waals surface area contributed by atoms with Gasteiger partial charge in [-0.2, -0.15) is 5.10 Å². The Kier molecular flexibility index (Phi) is 4.70. The third-order valence-corrected chi connectivity index (χ3v) is 6.21. The number of hydrazone groups is 1. The fourth-order valence-corrected chi connectivity index (χ4v) is 4.83. The molecule has 2 aliphatic rings. The predicted molar refractivity (Wildman–Crippen MR) is 117 cm³/mol.